The smallest absolute Gasteiger partial charge is 0.152 e. The van der Waals surface area contributed by atoms with E-state index in [9.17, 15) is 5.11 Å². The highest BCUT2D eigenvalue weighted by Gasteiger charge is 2.22. The van der Waals surface area contributed by atoms with Crippen molar-refractivity contribution >= 4 is 39.5 Å². The number of benzene rings is 1. The van der Waals surface area contributed by atoms with E-state index in [1.165, 1.54) is 0 Å². The van der Waals surface area contributed by atoms with Crippen LogP contribution in [0.2, 0.25) is 0 Å². The van der Waals surface area contributed by atoms with Gasteiger partial charge in [0.1, 0.15) is 11.3 Å². The van der Waals surface area contributed by atoms with Crippen LogP contribution in [0, 0.1) is 0 Å². The summed E-state index contributed by atoms with van der Waals surface area (Å²) < 4.78 is 2.08. The molecule has 1 aromatic carbocycles. The number of hydrogen-bond acceptors (Lipinski definition) is 5. The molecule has 0 saturated carbocycles. The third-order valence-corrected chi connectivity index (χ3v) is 4.05. The van der Waals surface area contributed by atoms with Crippen molar-refractivity contribution in [1.29, 1.82) is 0 Å². The first kappa shape index (κ1) is 15.1. The number of hydrogen-bond donors (Lipinski definition) is 2. The molecule has 0 unspecified atom stereocenters. The van der Waals surface area contributed by atoms with E-state index < -0.39 is 5.60 Å². The summed E-state index contributed by atoms with van der Waals surface area (Å²) in [5, 5.41) is 11.3. The summed E-state index contributed by atoms with van der Waals surface area (Å²) >= 11 is 1.70. The quantitative estimate of drug-likeness (QED) is 0.774. The molecule has 2 aromatic heterocycles. The predicted octanol–water partition coefficient (Wildman–Crippen LogP) is 2.80. The molecule has 0 amide bonds. The average Bonchev–Trinajstić information content (AvgIpc) is 2.77. The number of aliphatic hydroxyl groups is 1. The zero-order valence-electron chi connectivity index (χ0n) is 13.0. The van der Waals surface area contributed by atoms with Gasteiger partial charge in [-0.2, -0.15) is 11.8 Å². The Hall–Kier alpha value is -1.79. The van der Waals surface area contributed by atoms with Crippen LogP contribution in [-0.4, -0.2) is 31.5 Å². The lowest BCUT2D eigenvalue weighted by atomic mass is 10.1. The maximum atomic E-state index is 10.3. The SMILES string of the molecule is CSCc1nc2c(N)nc3ccccc3c2n1CC(C)(C)O. The molecule has 0 aliphatic heterocycles. The fourth-order valence-corrected chi connectivity index (χ4v) is 3.18. The largest absolute Gasteiger partial charge is 0.389 e. The van der Waals surface area contributed by atoms with Gasteiger partial charge >= 0.3 is 0 Å². The number of thioether (sulfide) groups is 1. The van der Waals surface area contributed by atoms with E-state index in [-0.39, 0.29) is 0 Å². The van der Waals surface area contributed by atoms with Crippen molar-refractivity contribution in [2.75, 3.05) is 12.0 Å². The second-order valence-electron chi connectivity index (χ2n) is 6.07. The third kappa shape index (κ3) is 2.64. The van der Waals surface area contributed by atoms with Gasteiger partial charge in [-0.05, 0) is 26.2 Å². The van der Waals surface area contributed by atoms with E-state index in [4.69, 9.17) is 5.73 Å². The molecule has 0 fully saturated rings. The highest BCUT2D eigenvalue weighted by atomic mass is 32.2. The third-order valence-electron chi connectivity index (χ3n) is 3.51. The molecule has 0 atom stereocenters. The summed E-state index contributed by atoms with van der Waals surface area (Å²) in [5.74, 6) is 2.11. The van der Waals surface area contributed by atoms with Crippen LogP contribution in [0.25, 0.3) is 21.9 Å². The van der Waals surface area contributed by atoms with Gasteiger partial charge in [0.15, 0.2) is 5.82 Å². The Bertz CT molecular complexity index is 835. The minimum atomic E-state index is -0.833. The second kappa shape index (κ2) is 5.44. The first-order chi connectivity index (χ1) is 10.4. The first-order valence-electron chi connectivity index (χ1n) is 7.15. The van der Waals surface area contributed by atoms with Crippen LogP contribution >= 0.6 is 11.8 Å². The molecule has 0 radical (unpaired) electrons. The Balaban J connectivity index is 2.39. The topological polar surface area (TPSA) is 77.0 Å². The lowest BCUT2D eigenvalue weighted by Crippen LogP contribution is -2.27. The molecule has 6 heteroatoms. The van der Waals surface area contributed by atoms with Crippen LogP contribution in [0.3, 0.4) is 0 Å². The summed E-state index contributed by atoms with van der Waals surface area (Å²) in [5.41, 5.74) is 7.79. The second-order valence-corrected chi connectivity index (χ2v) is 6.94. The summed E-state index contributed by atoms with van der Waals surface area (Å²) in [6.45, 7) is 4.07. The molecule has 2 heterocycles. The zero-order chi connectivity index (χ0) is 15.9. The molecule has 116 valence electrons. The van der Waals surface area contributed by atoms with Gasteiger partial charge < -0.3 is 15.4 Å². The molecule has 0 saturated heterocycles. The molecule has 0 aliphatic carbocycles. The van der Waals surface area contributed by atoms with E-state index in [1.807, 2.05) is 30.5 Å². The number of nitrogens with two attached hydrogens (primary N) is 1. The molecule has 0 bridgehead atoms. The Morgan fingerprint density at radius 3 is 2.68 bits per heavy atom. The molecule has 0 spiro atoms. The van der Waals surface area contributed by atoms with E-state index in [2.05, 4.69) is 14.5 Å². The van der Waals surface area contributed by atoms with Gasteiger partial charge in [-0.3, -0.25) is 0 Å². The number of aromatic nitrogens is 3. The number of pyridine rings is 1. The number of para-hydroxylation sites is 1. The average molecular weight is 316 g/mol. The Labute approximate surface area is 133 Å². The highest BCUT2D eigenvalue weighted by Crippen LogP contribution is 2.30. The van der Waals surface area contributed by atoms with Crippen LogP contribution in [0.4, 0.5) is 5.82 Å². The molecule has 3 rings (SSSR count). The number of rotatable bonds is 4. The van der Waals surface area contributed by atoms with Crippen LogP contribution in [0.5, 0.6) is 0 Å². The maximum absolute atomic E-state index is 10.3. The Kier molecular flexibility index (Phi) is 3.74. The lowest BCUT2D eigenvalue weighted by Gasteiger charge is -2.20. The van der Waals surface area contributed by atoms with Gasteiger partial charge in [-0.25, -0.2) is 9.97 Å². The van der Waals surface area contributed by atoms with Gasteiger partial charge in [0.25, 0.3) is 0 Å². The molecule has 0 aliphatic rings. The molecule has 3 N–H and O–H groups in total. The van der Waals surface area contributed by atoms with Gasteiger partial charge in [0, 0.05) is 5.39 Å². The number of anilines is 1. The normalized spacial score (nSPS) is 12.4. The van der Waals surface area contributed by atoms with Crippen molar-refractivity contribution in [3.05, 3.63) is 30.1 Å². The van der Waals surface area contributed by atoms with Crippen molar-refractivity contribution in [1.82, 2.24) is 14.5 Å². The molecule has 22 heavy (non-hydrogen) atoms. The van der Waals surface area contributed by atoms with Gasteiger partial charge in [-0.15, -0.1) is 0 Å². The van der Waals surface area contributed by atoms with Crippen LogP contribution in [0.1, 0.15) is 19.7 Å². The minimum Gasteiger partial charge on any atom is -0.389 e. The van der Waals surface area contributed by atoms with Crippen molar-refractivity contribution < 1.29 is 5.11 Å². The fraction of sp³-hybridized carbons (Fsp3) is 0.375. The Morgan fingerprint density at radius 1 is 1.27 bits per heavy atom. The Morgan fingerprint density at radius 2 is 2.00 bits per heavy atom. The lowest BCUT2D eigenvalue weighted by molar-refractivity contribution is 0.0620. The molecule has 3 aromatic rings. The van der Waals surface area contributed by atoms with E-state index in [1.54, 1.807) is 25.6 Å². The van der Waals surface area contributed by atoms with Crippen LogP contribution in [-0.2, 0) is 12.3 Å². The van der Waals surface area contributed by atoms with Gasteiger partial charge in [0.05, 0.1) is 28.9 Å². The van der Waals surface area contributed by atoms with Crippen LogP contribution in [0.15, 0.2) is 24.3 Å². The predicted molar refractivity (Wildman–Crippen MR) is 93.0 cm³/mol. The monoisotopic (exact) mass is 316 g/mol. The molecular formula is C16H20N4OS. The van der Waals surface area contributed by atoms with E-state index in [0.29, 0.717) is 17.9 Å². The van der Waals surface area contributed by atoms with Gasteiger partial charge in [0.2, 0.25) is 0 Å². The summed E-state index contributed by atoms with van der Waals surface area (Å²) in [7, 11) is 0. The van der Waals surface area contributed by atoms with Crippen molar-refractivity contribution in [2.24, 2.45) is 0 Å². The van der Waals surface area contributed by atoms with Crippen LogP contribution < -0.4 is 5.73 Å². The number of fused-ring (bicyclic) bond motifs is 3. The summed E-state index contributed by atoms with van der Waals surface area (Å²) in [4.78, 5) is 9.13. The van der Waals surface area contributed by atoms with Crippen molar-refractivity contribution in [3.8, 4) is 0 Å². The fourth-order valence-electron chi connectivity index (χ4n) is 2.70. The maximum Gasteiger partial charge on any atom is 0.152 e. The highest BCUT2D eigenvalue weighted by molar-refractivity contribution is 7.97. The molecular weight excluding hydrogens is 296 g/mol. The van der Waals surface area contributed by atoms with Gasteiger partial charge in [-0.1, -0.05) is 18.2 Å². The number of nitrogen functional groups attached to an aromatic ring is 1. The zero-order valence-corrected chi connectivity index (χ0v) is 13.8. The standard InChI is InChI=1S/C16H20N4OS/c1-16(2,21)9-20-12(8-22-3)19-13-14(20)10-6-4-5-7-11(10)18-15(13)17/h4-7,21H,8-9H2,1-3H3,(H2,17,18). The molecule has 5 nitrogen and oxygen atoms in total. The number of nitrogens with zero attached hydrogens (tertiary/aromatic N) is 3. The van der Waals surface area contributed by atoms with Crippen molar-refractivity contribution in [3.63, 3.8) is 0 Å². The van der Waals surface area contributed by atoms with E-state index in [0.717, 1.165) is 28.0 Å². The first-order valence-corrected chi connectivity index (χ1v) is 8.55. The minimum absolute atomic E-state index is 0.436. The number of imidazole rings is 1. The van der Waals surface area contributed by atoms with Crippen molar-refractivity contribution in [2.45, 2.75) is 31.7 Å². The summed E-state index contributed by atoms with van der Waals surface area (Å²) in [6, 6.07) is 7.89. The van der Waals surface area contributed by atoms with E-state index >= 15 is 0 Å². The summed E-state index contributed by atoms with van der Waals surface area (Å²) in [6.07, 6.45) is 2.04.